The first-order valence-corrected chi connectivity index (χ1v) is 7.01. The van der Waals surface area contributed by atoms with Crippen molar-refractivity contribution < 1.29 is 19.3 Å². The second kappa shape index (κ2) is 9.44. The zero-order valence-corrected chi connectivity index (χ0v) is 13.2. The highest BCUT2D eigenvalue weighted by Gasteiger charge is 2.15. The van der Waals surface area contributed by atoms with E-state index in [9.17, 15) is 0 Å². The summed E-state index contributed by atoms with van der Waals surface area (Å²) in [5.74, 6) is 1.93. The highest BCUT2D eigenvalue weighted by atomic mass is 16.5. The summed E-state index contributed by atoms with van der Waals surface area (Å²) in [7, 11) is 4.81. The minimum absolute atomic E-state index is 0.323. The summed E-state index contributed by atoms with van der Waals surface area (Å²) in [4.78, 5) is 0. The average Bonchev–Trinajstić information content (AvgIpc) is 2.49. The molecule has 0 fully saturated rings. The van der Waals surface area contributed by atoms with Gasteiger partial charge in [-0.3, -0.25) is 0 Å². The molecular formula is C15H26N2O4. The largest absolute Gasteiger partial charge is 0.493 e. The van der Waals surface area contributed by atoms with Crippen LogP contribution in [0.3, 0.4) is 0 Å². The van der Waals surface area contributed by atoms with E-state index >= 15 is 0 Å². The Bertz CT molecular complexity index is 424. The average molecular weight is 298 g/mol. The van der Waals surface area contributed by atoms with Gasteiger partial charge in [0.1, 0.15) is 0 Å². The highest BCUT2D eigenvalue weighted by Crippen LogP contribution is 2.39. The van der Waals surface area contributed by atoms with Crippen molar-refractivity contribution in [3.63, 3.8) is 0 Å². The predicted octanol–water partition coefficient (Wildman–Crippen LogP) is 0.772. The summed E-state index contributed by atoms with van der Waals surface area (Å²) in [6.45, 7) is 4.61. The monoisotopic (exact) mass is 298 g/mol. The standard InChI is InChI=1S/C15H26N2O4/c1-11(18)9-16-7-8-17-10-12-5-6-13(19-2)15(21-4)14(12)20-3/h5-6,11,16-18H,7-10H2,1-4H3/t11-/m1/s1. The molecular weight excluding hydrogens is 272 g/mol. The van der Waals surface area contributed by atoms with Gasteiger partial charge in [0.25, 0.3) is 0 Å². The van der Waals surface area contributed by atoms with Gasteiger partial charge in [0.15, 0.2) is 11.5 Å². The number of rotatable bonds is 10. The van der Waals surface area contributed by atoms with Crippen molar-refractivity contribution in [3.8, 4) is 17.2 Å². The third-order valence-corrected chi connectivity index (χ3v) is 3.02. The summed E-state index contributed by atoms with van der Waals surface area (Å²) in [5.41, 5.74) is 1.01. The summed E-state index contributed by atoms with van der Waals surface area (Å²) >= 11 is 0. The van der Waals surface area contributed by atoms with Gasteiger partial charge in [0.2, 0.25) is 5.75 Å². The van der Waals surface area contributed by atoms with Crippen molar-refractivity contribution in [2.75, 3.05) is 41.0 Å². The van der Waals surface area contributed by atoms with Gasteiger partial charge in [-0.25, -0.2) is 0 Å². The SMILES string of the molecule is COc1ccc(CNCCNC[C@@H](C)O)c(OC)c1OC. The Morgan fingerprint density at radius 2 is 1.67 bits per heavy atom. The van der Waals surface area contributed by atoms with E-state index < -0.39 is 0 Å². The smallest absolute Gasteiger partial charge is 0.203 e. The van der Waals surface area contributed by atoms with Crippen LogP contribution in [0.4, 0.5) is 0 Å². The lowest BCUT2D eigenvalue weighted by Gasteiger charge is -2.16. The fourth-order valence-corrected chi connectivity index (χ4v) is 2.01. The van der Waals surface area contributed by atoms with E-state index in [0.29, 0.717) is 30.3 Å². The normalized spacial score (nSPS) is 12.0. The molecule has 0 heterocycles. The summed E-state index contributed by atoms with van der Waals surface area (Å²) in [6.07, 6.45) is -0.323. The number of ether oxygens (including phenoxy) is 3. The number of benzene rings is 1. The van der Waals surface area contributed by atoms with Crippen LogP contribution in [0.15, 0.2) is 12.1 Å². The third kappa shape index (κ3) is 5.41. The molecule has 1 aromatic carbocycles. The summed E-state index contributed by atoms with van der Waals surface area (Å²) < 4.78 is 16.0. The van der Waals surface area contributed by atoms with Gasteiger partial charge >= 0.3 is 0 Å². The maximum Gasteiger partial charge on any atom is 0.203 e. The van der Waals surface area contributed by atoms with Crippen LogP contribution in [0.25, 0.3) is 0 Å². The van der Waals surface area contributed by atoms with Gasteiger partial charge < -0.3 is 30.0 Å². The Morgan fingerprint density at radius 1 is 1.00 bits per heavy atom. The predicted molar refractivity (Wildman–Crippen MR) is 82.4 cm³/mol. The molecule has 3 N–H and O–H groups in total. The molecule has 21 heavy (non-hydrogen) atoms. The maximum atomic E-state index is 9.14. The lowest BCUT2D eigenvalue weighted by molar-refractivity contribution is 0.191. The number of aliphatic hydroxyl groups is 1. The number of aliphatic hydroxyl groups excluding tert-OH is 1. The first-order valence-electron chi connectivity index (χ1n) is 7.01. The van der Waals surface area contributed by atoms with Crippen LogP contribution in [0, 0.1) is 0 Å². The van der Waals surface area contributed by atoms with Crippen LogP contribution in [0.2, 0.25) is 0 Å². The van der Waals surface area contributed by atoms with E-state index in [0.717, 1.165) is 18.7 Å². The molecule has 0 aliphatic heterocycles. The third-order valence-electron chi connectivity index (χ3n) is 3.02. The Balaban J connectivity index is 2.55. The number of nitrogens with one attached hydrogen (secondary N) is 2. The Labute approximate surface area is 126 Å². The van der Waals surface area contributed by atoms with Crippen LogP contribution in [-0.2, 0) is 6.54 Å². The van der Waals surface area contributed by atoms with E-state index in [1.807, 2.05) is 12.1 Å². The van der Waals surface area contributed by atoms with Crippen molar-refractivity contribution in [2.45, 2.75) is 19.6 Å². The van der Waals surface area contributed by atoms with Gasteiger partial charge in [0.05, 0.1) is 27.4 Å². The molecule has 120 valence electrons. The fraction of sp³-hybridized carbons (Fsp3) is 0.600. The Hall–Kier alpha value is -1.50. The molecule has 0 saturated carbocycles. The molecule has 0 spiro atoms. The van der Waals surface area contributed by atoms with Gasteiger partial charge in [-0.15, -0.1) is 0 Å². The topological polar surface area (TPSA) is 72.0 Å². The Kier molecular flexibility index (Phi) is 7.89. The molecule has 0 unspecified atom stereocenters. The van der Waals surface area contributed by atoms with Crippen molar-refractivity contribution in [1.82, 2.24) is 10.6 Å². The molecule has 0 saturated heterocycles. The van der Waals surface area contributed by atoms with Crippen LogP contribution in [-0.4, -0.2) is 52.2 Å². The van der Waals surface area contributed by atoms with Gasteiger partial charge in [-0.05, 0) is 13.0 Å². The number of hydrogen-bond donors (Lipinski definition) is 3. The van der Waals surface area contributed by atoms with Gasteiger partial charge in [-0.1, -0.05) is 6.07 Å². The first kappa shape index (κ1) is 17.6. The van der Waals surface area contributed by atoms with E-state index in [4.69, 9.17) is 19.3 Å². The van der Waals surface area contributed by atoms with Crippen molar-refractivity contribution in [2.24, 2.45) is 0 Å². The molecule has 1 atom stereocenters. The van der Waals surface area contributed by atoms with Crippen LogP contribution < -0.4 is 24.8 Å². The molecule has 0 amide bonds. The molecule has 0 radical (unpaired) electrons. The van der Waals surface area contributed by atoms with Crippen molar-refractivity contribution in [3.05, 3.63) is 17.7 Å². The molecule has 0 aliphatic carbocycles. The second-order valence-electron chi connectivity index (χ2n) is 4.72. The molecule has 0 aromatic heterocycles. The number of hydrogen-bond acceptors (Lipinski definition) is 6. The lowest BCUT2D eigenvalue weighted by Crippen LogP contribution is -2.31. The lowest BCUT2D eigenvalue weighted by atomic mass is 10.1. The minimum Gasteiger partial charge on any atom is -0.493 e. The van der Waals surface area contributed by atoms with E-state index in [1.54, 1.807) is 28.3 Å². The molecule has 1 aromatic rings. The molecule has 0 aliphatic rings. The quantitative estimate of drug-likeness (QED) is 0.554. The maximum absolute atomic E-state index is 9.14. The van der Waals surface area contributed by atoms with E-state index in [1.165, 1.54) is 0 Å². The second-order valence-corrected chi connectivity index (χ2v) is 4.72. The van der Waals surface area contributed by atoms with Gasteiger partial charge in [-0.2, -0.15) is 0 Å². The fourth-order valence-electron chi connectivity index (χ4n) is 2.01. The van der Waals surface area contributed by atoms with E-state index in [2.05, 4.69) is 10.6 Å². The first-order chi connectivity index (χ1) is 10.1. The molecule has 1 rings (SSSR count). The van der Waals surface area contributed by atoms with Crippen molar-refractivity contribution in [1.29, 1.82) is 0 Å². The van der Waals surface area contributed by atoms with Crippen molar-refractivity contribution >= 4 is 0 Å². The zero-order chi connectivity index (χ0) is 15.7. The Morgan fingerprint density at radius 3 is 2.24 bits per heavy atom. The minimum atomic E-state index is -0.323. The summed E-state index contributed by atoms with van der Waals surface area (Å²) in [6, 6.07) is 3.82. The van der Waals surface area contributed by atoms with E-state index in [-0.39, 0.29) is 6.10 Å². The zero-order valence-electron chi connectivity index (χ0n) is 13.2. The summed E-state index contributed by atoms with van der Waals surface area (Å²) in [5, 5.41) is 15.6. The van der Waals surface area contributed by atoms with Crippen LogP contribution in [0.5, 0.6) is 17.2 Å². The highest BCUT2D eigenvalue weighted by molar-refractivity contribution is 5.55. The van der Waals surface area contributed by atoms with Gasteiger partial charge in [0, 0.05) is 31.7 Å². The van der Waals surface area contributed by atoms with Crippen LogP contribution in [0.1, 0.15) is 12.5 Å². The molecule has 0 bridgehead atoms. The number of methoxy groups -OCH3 is 3. The molecule has 6 heteroatoms. The van der Waals surface area contributed by atoms with Crippen LogP contribution >= 0.6 is 0 Å². The molecule has 6 nitrogen and oxygen atoms in total.